The molecule has 0 unspecified atom stereocenters. The molecule has 0 aliphatic rings. The van der Waals surface area contributed by atoms with Crippen LogP contribution in [0.5, 0.6) is 0 Å². The standard InChI is InChI=1S/C20H31ClO/c1-15(2)13-14-18-11-8-10-17(20(18)21)9-6-5-7-12-19(22)16(3)4/h8,10-11,15-16H,5-7,9,12-14H2,1-4H3. The predicted octanol–water partition coefficient (Wildman–Crippen LogP) is 6.26. The zero-order chi connectivity index (χ0) is 16.5. The van der Waals surface area contributed by atoms with Crippen molar-refractivity contribution in [2.24, 2.45) is 11.8 Å². The van der Waals surface area contributed by atoms with Gasteiger partial charge < -0.3 is 0 Å². The summed E-state index contributed by atoms with van der Waals surface area (Å²) in [4.78, 5) is 11.6. The van der Waals surface area contributed by atoms with E-state index in [1.807, 2.05) is 13.8 Å². The van der Waals surface area contributed by atoms with Gasteiger partial charge in [0, 0.05) is 17.4 Å². The average Bonchev–Trinajstić information content (AvgIpc) is 2.46. The van der Waals surface area contributed by atoms with E-state index in [1.165, 1.54) is 17.5 Å². The molecule has 0 bridgehead atoms. The molecule has 0 aliphatic carbocycles. The van der Waals surface area contributed by atoms with Crippen LogP contribution in [0.2, 0.25) is 5.02 Å². The lowest BCUT2D eigenvalue weighted by Crippen LogP contribution is -2.06. The first-order chi connectivity index (χ1) is 10.4. The molecule has 0 radical (unpaired) electrons. The molecule has 0 saturated carbocycles. The fourth-order valence-electron chi connectivity index (χ4n) is 2.54. The molecule has 0 fully saturated rings. The number of halogens is 1. The number of aryl methyl sites for hydroxylation is 2. The van der Waals surface area contributed by atoms with Gasteiger partial charge in [0.25, 0.3) is 0 Å². The Morgan fingerprint density at radius 3 is 2.23 bits per heavy atom. The Kier molecular flexibility index (Phi) is 8.78. The van der Waals surface area contributed by atoms with Gasteiger partial charge in [0.05, 0.1) is 0 Å². The van der Waals surface area contributed by atoms with Crippen LogP contribution < -0.4 is 0 Å². The summed E-state index contributed by atoms with van der Waals surface area (Å²) < 4.78 is 0. The quantitative estimate of drug-likeness (QED) is 0.465. The Hall–Kier alpha value is -0.820. The fraction of sp³-hybridized carbons (Fsp3) is 0.650. The summed E-state index contributed by atoms with van der Waals surface area (Å²) in [6.45, 7) is 8.45. The molecule has 1 aromatic rings. The maximum atomic E-state index is 11.6. The summed E-state index contributed by atoms with van der Waals surface area (Å²) in [5.74, 6) is 1.26. The summed E-state index contributed by atoms with van der Waals surface area (Å²) in [5.41, 5.74) is 2.54. The lowest BCUT2D eigenvalue weighted by Gasteiger charge is -2.11. The van der Waals surface area contributed by atoms with Crippen LogP contribution in [0.25, 0.3) is 0 Å². The van der Waals surface area contributed by atoms with Gasteiger partial charge >= 0.3 is 0 Å². The summed E-state index contributed by atoms with van der Waals surface area (Å²) in [7, 11) is 0. The van der Waals surface area contributed by atoms with Gasteiger partial charge in [-0.3, -0.25) is 4.79 Å². The Bertz CT molecular complexity index is 463. The highest BCUT2D eigenvalue weighted by Gasteiger charge is 2.08. The van der Waals surface area contributed by atoms with Crippen LogP contribution in [0.3, 0.4) is 0 Å². The van der Waals surface area contributed by atoms with E-state index in [9.17, 15) is 4.79 Å². The minimum Gasteiger partial charge on any atom is -0.299 e. The monoisotopic (exact) mass is 322 g/mol. The molecule has 0 amide bonds. The number of hydrogen-bond acceptors (Lipinski definition) is 1. The minimum absolute atomic E-state index is 0.173. The van der Waals surface area contributed by atoms with Crippen molar-refractivity contribution in [2.45, 2.75) is 72.6 Å². The van der Waals surface area contributed by atoms with E-state index in [2.05, 4.69) is 32.0 Å². The largest absolute Gasteiger partial charge is 0.299 e. The number of Topliss-reactive ketones (excluding diaryl/α,β-unsaturated/α-hetero) is 1. The number of ketones is 1. The fourth-order valence-corrected chi connectivity index (χ4v) is 2.86. The van der Waals surface area contributed by atoms with Gasteiger partial charge in [-0.1, -0.05) is 63.9 Å². The highest BCUT2D eigenvalue weighted by molar-refractivity contribution is 6.32. The van der Waals surface area contributed by atoms with Gasteiger partial charge in [-0.2, -0.15) is 0 Å². The first-order valence-electron chi connectivity index (χ1n) is 8.70. The van der Waals surface area contributed by atoms with E-state index in [1.54, 1.807) is 0 Å². The maximum Gasteiger partial charge on any atom is 0.135 e. The van der Waals surface area contributed by atoms with Crippen molar-refractivity contribution in [3.8, 4) is 0 Å². The van der Waals surface area contributed by atoms with Crippen LogP contribution >= 0.6 is 11.6 Å². The van der Waals surface area contributed by atoms with Crippen molar-refractivity contribution >= 4 is 17.4 Å². The van der Waals surface area contributed by atoms with E-state index >= 15 is 0 Å². The van der Waals surface area contributed by atoms with Crippen molar-refractivity contribution in [1.29, 1.82) is 0 Å². The molecule has 22 heavy (non-hydrogen) atoms. The second-order valence-electron chi connectivity index (χ2n) is 7.00. The first kappa shape index (κ1) is 19.2. The van der Waals surface area contributed by atoms with Gasteiger partial charge in [0.2, 0.25) is 0 Å². The number of rotatable bonds is 10. The minimum atomic E-state index is 0.173. The molecule has 124 valence electrons. The smallest absolute Gasteiger partial charge is 0.135 e. The summed E-state index contributed by atoms with van der Waals surface area (Å²) in [6, 6.07) is 6.41. The van der Waals surface area contributed by atoms with Crippen LogP contribution in [0.1, 0.15) is 70.9 Å². The predicted molar refractivity (Wildman–Crippen MR) is 96.6 cm³/mol. The van der Waals surface area contributed by atoms with E-state index in [-0.39, 0.29) is 5.92 Å². The molecule has 2 heteroatoms. The summed E-state index contributed by atoms with van der Waals surface area (Å²) >= 11 is 6.54. The summed E-state index contributed by atoms with van der Waals surface area (Å²) in [6.07, 6.45) is 7.20. The molecule has 0 N–H and O–H groups in total. The van der Waals surface area contributed by atoms with Crippen molar-refractivity contribution in [3.05, 3.63) is 34.3 Å². The molecular formula is C20H31ClO. The second kappa shape index (κ2) is 10.0. The summed E-state index contributed by atoms with van der Waals surface area (Å²) in [5, 5.41) is 0.960. The molecule has 0 aliphatic heterocycles. The molecule has 0 atom stereocenters. The molecule has 0 aromatic heterocycles. The second-order valence-corrected chi connectivity index (χ2v) is 7.38. The van der Waals surface area contributed by atoms with E-state index in [0.717, 1.165) is 43.5 Å². The Labute approximate surface area is 141 Å². The average molecular weight is 323 g/mol. The van der Waals surface area contributed by atoms with Crippen LogP contribution in [-0.2, 0) is 17.6 Å². The van der Waals surface area contributed by atoms with Crippen molar-refractivity contribution in [2.75, 3.05) is 0 Å². The first-order valence-corrected chi connectivity index (χ1v) is 9.08. The van der Waals surface area contributed by atoms with Crippen LogP contribution in [0, 0.1) is 11.8 Å². The van der Waals surface area contributed by atoms with Crippen LogP contribution in [-0.4, -0.2) is 5.78 Å². The van der Waals surface area contributed by atoms with Gasteiger partial charge in [-0.05, 0) is 49.1 Å². The molecule has 1 nitrogen and oxygen atoms in total. The van der Waals surface area contributed by atoms with Gasteiger partial charge in [-0.15, -0.1) is 0 Å². The number of hydrogen-bond donors (Lipinski definition) is 0. The molecular weight excluding hydrogens is 292 g/mol. The Morgan fingerprint density at radius 1 is 1.00 bits per heavy atom. The molecule has 0 saturated heterocycles. The third-order valence-corrected chi connectivity index (χ3v) is 4.65. The van der Waals surface area contributed by atoms with E-state index in [4.69, 9.17) is 11.6 Å². The van der Waals surface area contributed by atoms with Gasteiger partial charge in [-0.25, -0.2) is 0 Å². The topological polar surface area (TPSA) is 17.1 Å². The third kappa shape index (κ3) is 6.96. The Balaban J connectivity index is 2.39. The highest BCUT2D eigenvalue weighted by atomic mass is 35.5. The SMILES string of the molecule is CC(C)CCc1cccc(CCCCCC(=O)C(C)C)c1Cl. The number of carbonyl (C=O) groups excluding carboxylic acids is 1. The third-order valence-electron chi connectivity index (χ3n) is 4.16. The zero-order valence-corrected chi connectivity index (χ0v) is 15.4. The Morgan fingerprint density at radius 2 is 1.64 bits per heavy atom. The number of unbranched alkanes of at least 4 members (excludes halogenated alkanes) is 2. The number of benzene rings is 1. The van der Waals surface area contributed by atoms with Crippen LogP contribution in [0.15, 0.2) is 18.2 Å². The molecule has 1 rings (SSSR count). The van der Waals surface area contributed by atoms with Crippen molar-refractivity contribution in [1.82, 2.24) is 0 Å². The van der Waals surface area contributed by atoms with Gasteiger partial charge in [0.1, 0.15) is 5.78 Å². The van der Waals surface area contributed by atoms with Crippen molar-refractivity contribution < 1.29 is 4.79 Å². The van der Waals surface area contributed by atoms with Crippen molar-refractivity contribution in [3.63, 3.8) is 0 Å². The highest BCUT2D eigenvalue weighted by Crippen LogP contribution is 2.25. The normalized spacial score (nSPS) is 11.4. The maximum absolute atomic E-state index is 11.6. The molecule has 0 spiro atoms. The molecule has 1 aromatic carbocycles. The number of carbonyl (C=O) groups is 1. The molecule has 0 heterocycles. The van der Waals surface area contributed by atoms with Gasteiger partial charge in [0.15, 0.2) is 0 Å². The lowest BCUT2D eigenvalue weighted by molar-refractivity contribution is -0.122. The van der Waals surface area contributed by atoms with E-state index < -0.39 is 0 Å². The van der Waals surface area contributed by atoms with Crippen LogP contribution in [0.4, 0.5) is 0 Å². The van der Waals surface area contributed by atoms with E-state index in [0.29, 0.717) is 11.7 Å². The zero-order valence-electron chi connectivity index (χ0n) is 14.6. The lowest BCUT2D eigenvalue weighted by atomic mass is 9.98.